The van der Waals surface area contributed by atoms with E-state index >= 15 is 0 Å². The number of hydrogen-bond acceptors (Lipinski definition) is 5. The SMILES string of the molecule is O=C(Cn1nnc(-c2cccc(F)c2)n1)N1c2ccccc2OC[C@@H]1c1ccccc1. The smallest absolute Gasteiger partial charge is 0.251 e. The molecule has 5 rings (SSSR count). The Morgan fingerprint density at radius 1 is 1.03 bits per heavy atom. The summed E-state index contributed by atoms with van der Waals surface area (Å²) in [5, 5.41) is 12.2. The average Bonchev–Trinajstić information content (AvgIpc) is 3.27. The fourth-order valence-electron chi connectivity index (χ4n) is 3.67. The molecule has 0 N–H and O–H groups in total. The number of fused-ring (bicyclic) bond motifs is 1. The zero-order valence-electron chi connectivity index (χ0n) is 16.4. The summed E-state index contributed by atoms with van der Waals surface area (Å²) in [6, 6.07) is 22.8. The van der Waals surface area contributed by atoms with Crippen LogP contribution in [-0.2, 0) is 11.3 Å². The number of para-hydroxylation sites is 2. The van der Waals surface area contributed by atoms with Crippen LogP contribution in [0.4, 0.5) is 10.1 Å². The van der Waals surface area contributed by atoms with Crippen LogP contribution in [0.15, 0.2) is 78.9 Å². The molecule has 0 radical (unpaired) electrons. The Bertz CT molecular complexity index is 1230. The molecule has 0 saturated carbocycles. The van der Waals surface area contributed by atoms with Crippen molar-refractivity contribution in [2.75, 3.05) is 11.5 Å². The number of carbonyl (C=O) groups excluding carboxylic acids is 1. The van der Waals surface area contributed by atoms with E-state index in [4.69, 9.17) is 4.74 Å². The number of nitrogens with zero attached hydrogens (tertiary/aromatic N) is 5. The van der Waals surface area contributed by atoms with E-state index in [1.54, 1.807) is 17.0 Å². The van der Waals surface area contributed by atoms with E-state index in [1.807, 2.05) is 54.6 Å². The fourth-order valence-corrected chi connectivity index (χ4v) is 3.67. The summed E-state index contributed by atoms with van der Waals surface area (Å²) < 4.78 is 19.4. The van der Waals surface area contributed by atoms with E-state index in [-0.39, 0.29) is 30.1 Å². The minimum atomic E-state index is -0.388. The number of anilines is 1. The number of carbonyl (C=O) groups is 1. The van der Waals surface area contributed by atoms with Crippen LogP contribution in [-0.4, -0.2) is 32.7 Å². The molecule has 0 aliphatic carbocycles. The predicted octanol–water partition coefficient (Wildman–Crippen LogP) is 3.65. The maximum atomic E-state index is 13.5. The normalized spacial score (nSPS) is 15.3. The lowest BCUT2D eigenvalue weighted by Crippen LogP contribution is -2.43. The van der Waals surface area contributed by atoms with Gasteiger partial charge in [-0.15, -0.1) is 10.2 Å². The maximum Gasteiger partial charge on any atom is 0.251 e. The highest BCUT2D eigenvalue weighted by molar-refractivity contribution is 5.96. The minimum Gasteiger partial charge on any atom is -0.489 e. The van der Waals surface area contributed by atoms with Crippen molar-refractivity contribution in [3.8, 4) is 17.1 Å². The molecule has 8 heteroatoms. The van der Waals surface area contributed by atoms with Crippen molar-refractivity contribution in [1.29, 1.82) is 0 Å². The van der Waals surface area contributed by atoms with Gasteiger partial charge in [-0.3, -0.25) is 9.69 Å². The van der Waals surface area contributed by atoms with Crippen LogP contribution in [0.3, 0.4) is 0 Å². The number of hydrogen-bond donors (Lipinski definition) is 0. The summed E-state index contributed by atoms with van der Waals surface area (Å²) in [5.41, 5.74) is 2.16. The van der Waals surface area contributed by atoms with Crippen LogP contribution >= 0.6 is 0 Å². The number of ether oxygens (including phenoxy) is 1. The van der Waals surface area contributed by atoms with E-state index < -0.39 is 0 Å². The van der Waals surface area contributed by atoms with Gasteiger partial charge in [0.25, 0.3) is 5.91 Å². The average molecular weight is 415 g/mol. The van der Waals surface area contributed by atoms with Gasteiger partial charge in [-0.2, -0.15) is 4.80 Å². The van der Waals surface area contributed by atoms with Gasteiger partial charge in [-0.1, -0.05) is 54.6 Å². The van der Waals surface area contributed by atoms with Crippen LogP contribution in [0.25, 0.3) is 11.4 Å². The molecule has 0 unspecified atom stereocenters. The number of aromatic nitrogens is 4. The first-order chi connectivity index (χ1) is 15.2. The van der Waals surface area contributed by atoms with E-state index in [0.29, 0.717) is 23.6 Å². The van der Waals surface area contributed by atoms with Gasteiger partial charge in [0, 0.05) is 5.56 Å². The predicted molar refractivity (Wildman–Crippen MR) is 112 cm³/mol. The first-order valence-electron chi connectivity index (χ1n) is 9.81. The Kier molecular flexibility index (Phi) is 4.87. The van der Waals surface area contributed by atoms with Gasteiger partial charge in [0.1, 0.15) is 24.7 Å². The lowest BCUT2D eigenvalue weighted by molar-refractivity contribution is -0.120. The van der Waals surface area contributed by atoms with Gasteiger partial charge >= 0.3 is 0 Å². The molecule has 0 fully saturated rings. The largest absolute Gasteiger partial charge is 0.489 e. The molecule has 1 aliphatic rings. The van der Waals surface area contributed by atoms with Crippen LogP contribution in [0.2, 0.25) is 0 Å². The number of rotatable bonds is 4. The summed E-state index contributed by atoms with van der Waals surface area (Å²) in [6.45, 7) is 0.228. The Balaban J connectivity index is 1.45. The van der Waals surface area contributed by atoms with Crippen LogP contribution in [0.1, 0.15) is 11.6 Å². The number of tetrazole rings is 1. The minimum absolute atomic E-state index is 0.111. The second-order valence-electron chi connectivity index (χ2n) is 7.12. The highest BCUT2D eigenvalue weighted by Gasteiger charge is 2.33. The monoisotopic (exact) mass is 415 g/mol. The molecule has 2 heterocycles. The second kappa shape index (κ2) is 7.98. The van der Waals surface area contributed by atoms with Gasteiger partial charge in [-0.25, -0.2) is 4.39 Å². The maximum absolute atomic E-state index is 13.5. The van der Waals surface area contributed by atoms with Crippen molar-refractivity contribution in [1.82, 2.24) is 20.2 Å². The van der Waals surface area contributed by atoms with Crippen molar-refractivity contribution in [3.63, 3.8) is 0 Å². The van der Waals surface area contributed by atoms with Gasteiger partial charge in [-0.05, 0) is 35.0 Å². The van der Waals surface area contributed by atoms with Crippen molar-refractivity contribution < 1.29 is 13.9 Å². The lowest BCUT2D eigenvalue weighted by Gasteiger charge is -2.37. The summed E-state index contributed by atoms with van der Waals surface area (Å²) in [7, 11) is 0. The highest BCUT2D eigenvalue weighted by atomic mass is 19.1. The summed E-state index contributed by atoms with van der Waals surface area (Å²) in [5.74, 6) is 0.317. The molecule has 1 amide bonds. The summed E-state index contributed by atoms with van der Waals surface area (Å²) in [6.07, 6.45) is 0. The third-order valence-corrected chi connectivity index (χ3v) is 5.10. The molecule has 0 bridgehead atoms. The molecular weight excluding hydrogens is 397 g/mol. The number of benzene rings is 3. The number of amides is 1. The first kappa shape index (κ1) is 18.9. The van der Waals surface area contributed by atoms with E-state index in [2.05, 4.69) is 15.4 Å². The van der Waals surface area contributed by atoms with Gasteiger partial charge in [0.15, 0.2) is 0 Å². The fraction of sp³-hybridized carbons (Fsp3) is 0.130. The van der Waals surface area contributed by atoms with Gasteiger partial charge < -0.3 is 4.74 Å². The Hall–Kier alpha value is -4.07. The third kappa shape index (κ3) is 3.75. The summed E-state index contributed by atoms with van der Waals surface area (Å²) in [4.78, 5) is 16.3. The van der Waals surface area contributed by atoms with E-state index in [1.165, 1.54) is 16.9 Å². The van der Waals surface area contributed by atoms with Crippen LogP contribution in [0, 0.1) is 5.82 Å². The molecule has 31 heavy (non-hydrogen) atoms. The van der Waals surface area contributed by atoms with Crippen molar-refractivity contribution in [2.45, 2.75) is 12.6 Å². The highest BCUT2D eigenvalue weighted by Crippen LogP contribution is 2.39. The quantitative estimate of drug-likeness (QED) is 0.509. The standard InChI is InChI=1S/C23H18FN5O2/c24-18-10-6-9-17(13-18)23-25-27-28(26-23)14-22(30)29-19-11-4-5-12-21(19)31-15-20(29)16-7-2-1-3-8-16/h1-13,20H,14-15H2/t20-/m1/s1. The van der Waals surface area contributed by atoms with Gasteiger partial charge in [0.2, 0.25) is 5.82 Å². The zero-order valence-corrected chi connectivity index (χ0v) is 16.4. The van der Waals surface area contributed by atoms with Crippen molar-refractivity contribution >= 4 is 11.6 Å². The molecule has 1 aliphatic heterocycles. The Labute approximate surface area is 177 Å². The Morgan fingerprint density at radius 2 is 1.84 bits per heavy atom. The lowest BCUT2D eigenvalue weighted by atomic mass is 10.0. The molecule has 0 spiro atoms. The van der Waals surface area contributed by atoms with E-state index in [9.17, 15) is 9.18 Å². The summed E-state index contributed by atoms with van der Waals surface area (Å²) >= 11 is 0. The molecule has 4 aromatic rings. The molecule has 1 aromatic heterocycles. The zero-order chi connectivity index (χ0) is 21.2. The Morgan fingerprint density at radius 3 is 2.68 bits per heavy atom. The van der Waals surface area contributed by atoms with Crippen molar-refractivity contribution in [3.05, 3.63) is 90.2 Å². The molecule has 1 atom stereocenters. The molecular formula is C23H18FN5O2. The molecule has 154 valence electrons. The molecule has 7 nitrogen and oxygen atoms in total. The van der Waals surface area contributed by atoms with Gasteiger partial charge in [0.05, 0.1) is 11.7 Å². The second-order valence-corrected chi connectivity index (χ2v) is 7.12. The third-order valence-electron chi connectivity index (χ3n) is 5.10. The molecule has 3 aromatic carbocycles. The number of halogens is 1. The topological polar surface area (TPSA) is 73.1 Å². The van der Waals surface area contributed by atoms with E-state index in [0.717, 1.165) is 5.56 Å². The molecule has 0 saturated heterocycles. The van der Waals surface area contributed by atoms with Crippen molar-refractivity contribution in [2.24, 2.45) is 0 Å². The van der Waals surface area contributed by atoms with Crippen LogP contribution < -0.4 is 9.64 Å². The van der Waals surface area contributed by atoms with Crippen LogP contribution in [0.5, 0.6) is 5.75 Å². The first-order valence-corrected chi connectivity index (χ1v) is 9.81.